The van der Waals surface area contributed by atoms with Gasteiger partial charge in [-0.2, -0.15) is 0 Å². The molecule has 4 nitrogen and oxygen atoms in total. The molecule has 0 spiro atoms. The zero-order chi connectivity index (χ0) is 11.7. The van der Waals surface area contributed by atoms with Crippen LogP contribution in [0.15, 0.2) is 24.3 Å². The molecule has 1 heterocycles. The summed E-state index contributed by atoms with van der Waals surface area (Å²) in [7, 11) is 0. The normalized spacial score (nSPS) is 16.1. The van der Waals surface area contributed by atoms with E-state index < -0.39 is 0 Å². The molecule has 0 N–H and O–H groups in total. The summed E-state index contributed by atoms with van der Waals surface area (Å²) in [5.74, 6) is -0.164. The van der Waals surface area contributed by atoms with Crippen molar-refractivity contribution in [1.29, 1.82) is 0 Å². The zero-order valence-corrected chi connectivity index (χ0v) is 9.57. The molecule has 0 unspecified atom stereocenters. The molecule has 16 heavy (non-hydrogen) atoms. The second-order valence-corrected chi connectivity index (χ2v) is 3.92. The second kappa shape index (κ2) is 4.14. The average molecular weight is 239 g/mol. The molecular weight excluding hydrogens is 228 g/mol. The standard InChI is InChI=1S/C11H11ClN2O2/c1-2-13-10(15)7-14(11(13)16)9-5-3-8(12)4-6-9/h3-6H,2,7H2,1H3. The van der Waals surface area contributed by atoms with Crippen LogP contribution in [0.25, 0.3) is 0 Å². The summed E-state index contributed by atoms with van der Waals surface area (Å²) in [6.07, 6.45) is 0. The molecule has 0 bridgehead atoms. The first-order valence-electron chi connectivity index (χ1n) is 5.01. The number of halogens is 1. The summed E-state index contributed by atoms with van der Waals surface area (Å²) in [6, 6.07) is 6.58. The molecule has 1 aromatic carbocycles. The molecule has 0 aliphatic carbocycles. The predicted octanol–water partition coefficient (Wildman–Crippen LogP) is 2.13. The summed E-state index contributed by atoms with van der Waals surface area (Å²) in [5, 5.41) is 0.606. The molecule has 0 aromatic heterocycles. The van der Waals surface area contributed by atoms with Gasteiger partial charge in [0, 0.05) is 17.3 Å². The summed E-state index contributed by atoms with van der Waals surface area (Å²) in [5.41, 5.74) is 0.693. The first kappa shape index (κ1) is 11.0. The van der Waals surface area contributed by atoms with Crippen molar-refractivity contribution in [3.05, 3.63) is 29.3 Å². The van der Waals surface area contributed by atoms with Gasteiger partial charge in [-0.25, -0.2) is 4.79 Å². The molecule has 1 aliphatic rings. The van der Waals surface area contributed by atoms with Crippen LogP contribution in [-0.2, 0) is 4.79 Å². The first-order valence-corrected chi connectivity index (χ1v) is 5.38. The number of hydrogen-bond donors (Lipinski definition) is 0. The Balaban J connectivity index is 2.27. The van der Waals surface area contributed by atoms with Crippen molar-refractivity contribution in [3.8, 4) is 0 Å². The van der Waals surface area contributed by atoms with E-state index in [1.165, 1.54) is 9.80 Å². The fraction of sp³-hybridized carbons (Fsp3) is 0.273. The number of imide groups is 1. The van der Waals surface area contributed by atoms with E-state index in [1.807, 2.05) is 0 Å². The van der Waals surface area contributed by atoms with Gasteiger partial charge >= 0.3 is 6.03 Å². The topological polar surface area (TPSA) is 40.6 Å². The summed E-state index contributed by atoms with van der Waals surface area (Å²) < 4.78 is 0. The molecule has 1 aliphatic heterocycles. The van der Waals surface area contributed by atoms with Crippen LogP contribution < -0.4 is 4.90 Å². The molecule has 2 rings (SSSR count). The quantitative estimate of drug-likeness (QED) is 0.741. The van der Waals surface area contributed by atoms with E-state index in [4.69, 9.17) is 11.6 Å². The number of urea groups is 1. The van der Waals surface area contributed by atoms with E-state index in [0.29, 0.717) is 17.3 Å². The Bertz CT molecular complexity index is 430. The van der Waals surface area contributed by atoms with Gasteiger partial charge in [0.15, 0.2) is 0 Å². The van der Waals surface area contributed by atoms with Gasteiger partial charge in [0.05, 0.1) is 0 Å². The molecule has 5 heteroatoms. The molecule has 0 atom stereocenters. The zero-order valence-electron chi connectivity index (χ0n) is 8.81. The largest absolute Gasteiger partial charge is 0.331 e. The summed E-state index contributed by atoms with van der Waals surface area (Å²) in [4.78, 5) is 26.0. The van der Waals surface area contributed by atoms with Crippen LogP contribution >= 0.6 is 11.6 Å². The number of carbonyl (C=O) groups excluding carboxylic acids is 2. The number of anilines is 1. The van der Waals surface area contributed by atoms with Gasteiger partial charge in [0.25, 0.3) is 5.91 Å². The highest BCUT2D eigenvalue weighted by molar-refractivity contribution is 6.30. The van der Waals surface area contributed by atoms with Crippen LogP contribution in [-0.4, -0.2) is 29.9 Å². The van der Waals surface area contributed by atoms with Gasteiger partial charge in [0.2, 0.25) is 0 Å². The summed E-state index contributed by atoms with van der Waals surface area (Å²) >= 11 is 5.76. The molecule has 84 valence electrons. The number of benzene rings is 1. The van der Waals surface area contributed by atoms with Crippen molar-refractivity contribution in [2.75, 3.05) is 18.0 Å². The molecule has 0 saturated carbocycles. The summed E-state index contributed by atoms with van der Waals surface area (Å²) in [6.45, 7) is 2.29. The maximum Gasteiger partial charge on any atom is 0.331 e. The van der Waals surface area contributed by atoms with E-state index in [2.05, 4.69) is 0 Å². The molecular formula is C11H11ClN2O2. The van der Waals surface area contributed by atoms with E-state index in [0.717, 1.165) is 0 Å². The number of hydrogen-bond acceptors (Lipinski definition) is 2. The van der Waals surface area contributed by atoms with Crippen LogP contribution in [0.1, 0.15) is 6.92 Å². The maximum absolute atomic E-state index is 11.8. The number of carbonyl (C=O) groups is 2. The monoisotopic (exact) mass is 238 g/mol. The van der Waals surface area contributed by atoms with Crippen molar-refractivity contribution in [2.24, 2.45) is 0 Å². The van der Waals surface area contributed by atoms with Crippen molar-refractivity contribution >= 4 is 29.2 Å². The van der Waals surface area contributed by atoms with Crippen LogP contribution in [0.4, 0.5) is 10.5 Å². The van der Waals surface area contributed by atoms with Gasteiger partial charge in [-0.15, -0.1) is 0 Å². The Morgan fingerprint density at radius 2 is 1.88 bits per heavy atom. The predicted molar refractivity (Wildman–Crippen MR) is 61.6 cm³/mol. The third-order valence-corrected chi connectivity index (χ3v) is 2.76. The van der Waals surface area contributed by atoms with Crippen LogP contribution in [0.5, 0.6) is 0 Å². The highest BCUT2D eigenvalue weighted by Gasteiger charge is 2.35. The van der Waals surface area contributed by atoms with Gasteiger partial charge < -0.3 is 0 Å². The maximum atomic E-state index is 11.8. The molecule has 1 saturated heterocycles. The van der Waals surface area contributed by atoms with Gasteiger partial charge in [0.1, 0.15) is 6.54 Å². The lowest BCUT2D eigenvalue weighted by atomic mass is 10.3. The SMILES string of the molecule is CCN1C(=O)CN(c2ccc(Cl)cc2)C1=O. The van der Waals surface area contributed by atoms with E-state index in [1.54, 1.807) is 31.2 Å². The molecule has 1 aromatic rings. The second-order valence-electron chi connectivity index (χ2n) is 3.48. The van der Waals surface area contributed by atoms with Crippen molar-refractivity contribution in [3.63, 3.8) is 0 Å². The minimum absolute atomic E-state index is 0.105. The van der Waals surface area contributed by atoms with E-state index >= 15 is 0 Å². The minimum Gasteiger partial charge on any atom is -0.285 e. The Morgan fingerprint density at radius 3 is 2.38 bits per heavy atom. The average Bonchev–Trinajstić information content (AvgIpc) is 2.55. The lowest BCUT2D eigenvalue weighted by Crippen LogP contribution is -2.32. The fourth-order valence-corrected chi connectivity index (χ4v) is 1.80. The van der Waals surface area contributed by atoms with Gasteiger partial charge in [-0.3, -0.25) is 14.6 Å². The van der Waals surface area contributed by atoms with Gasteiger partial charge in [-0.1, -0.05) is 11.6 Å². The van der Waals surface area contributed by atoms with Crippen molar-refractivity contribution in [1.82, 2.24) is 4.90 Å². The smallest absolute Gasteiger partial charge is 0.285 e. The number of amides is 3. The Hall–Kier alpha value is -1.55. The third kappa shape index (κ3) is 1.76. The highest BCUT2D eigenvalue weighted by Crippen LogP contribution is 2.22. The minimum atomic E-state index is -0.269. The van der Waals surface area contributed by atoms with E-state index in [-0.39, 0.29) is 18.5 Å². The lowest BCUT2D eigenvalue weighted by Gasteiger charge is -2.15. The lowest BCUT2D eigenvalue weighted by molar-refractivity contribution is -0.124. The Morgan fingerprint density at radius 1 is 1.25 bits per heavy atom. The molecule has 3 amide bonds. The van der Waals surface area contributed by atoms with Crippen molar-refractivity contribution < 1.29 is 9.59 Å². The van der Waals surface area contributed by atoms with Crippen LogP contribution in [0, 0.1) is 0 Å². The van der Waals surface area contributed by atoms with Crippen LogP contribution in [0.3, 0.4) is 0 Å². The molecule has 1 fully saturated rings. The number of rotatable bonds is 2. The highest BCUT2D eigenvalue weighted by atomic mass is 35.5. The number of likely N-dealkylation sites (N-methyl/N-ethyl adjacent to an activating group) is 1. The van der Waals surface area contributed by atoms with Crippen LogP contribution in [0.2, 0.25) is 5.02 Å². The first-order chi connectivity index (χ1) is 7.63. The number of nitrogens with zero attached hydrogens (tertiary/aromatic N) is 2. The third-order valence-electron chi connectivity index (χ3n) is 2.51. The fourth-order valence-electron chi connectivity index (χ4n) is 1.68. The Kier molecular flexibility index (Phi) is 2.83. The van der Waals surface area contributed by atoms with Gasteiger partial charge in [-0.05, 0) is 31.2 Å². The molecule has 0 radical (unpaired) electrons. The Labute approximate surface area is 98.4 Å². The van der Waals surface area contributed by atoms with Crippen molar-refractivity contribution in [2.45, 2.75) is 6.92 Å². The van der Waals surface area contributed by atoms with E-state index in [9.17, 15) is 9.59 Å².